The molecule has 0 fully saturated rings. The molecule has 0 saturated carbocycles. The predicted molar refractivity (Wildman–Crippen MR) is 77.6 cm³/mol. The van der Waals surface area contributed by atoms with Crippen molar-refractivity contribution in [2.45, 2.75) is 0 Å². The summed E-state index contributed by atoms with van der Waals surface area (Å²) in [5.41, 5.74) is 5.12. The molecule has 0 aliphatic heterocycles. The number of carbonyl (C=O) groups excluding carboxylic acids is 1. The summed E-state index contributed by atoms with van der Waals surface area (Å²) in [6.07, 6.45) is 0. The van der Waals surface area contributed by atoms with E-state index in [-0.39, 0.29) is 16.4 Å². The molecule has 21 heavy (non-hydrogen) atoms. The monoisotopic (exact) mass is 325 g/mol. The number of nitrogens with zero attached hydrogens (tertiary/aromatic N) is 2. The van der Waals surface area contributed by atoms with E-state index in [1.165, 1.54) is 29.6 Å². The Morgan fingerprint density at radius 2 is 2.00 bits per heavy atom. The number of benzene rings is 1. The molecule has 0 aliphatic rings. The van der Waals surface area contributed by atoms with Crippen molar-refractivity contribution < 1.29 is 19.5 Å². The van der Waals surface area contributed by atoms with Crippen LogP contribution in [0.4, 0.5) is 5.13 Å². The van der Waals surface area contributed by atoms with E-state index in [4.69, 9.17) is 22.4 Å². The molecule has 0 bridgehead atoms. The average molecular weight is 326 g/mol. The van der Waals surface area contributed by atoms with E-state index in [1.54, 1.807) is 0 Å². The summed E-state index contributed by atoms with van der Waals surface area (Å²) >= 11 is 6.74. The molecular formula is C12H8ClN3O4S. The van der Waals surface area contributed by atoms with Crippen LogP contribution in [0.2, 0.25) is 5.02 Å². The third kappa shape index (κ3) is 3.77. The second-order valence-corrected chi connectivity index (χ2v) is 5.03. The summed E-state index contributed by atoms with van der Waals surface area (Å²) in [6, 6.07) is 5.87. The van der Waals surface area contributed by atoms with Gasteiger partial charge in [0.2, 0.25) is 5.71 Å². The smallest absolute Gasteiger partial charge is 0.365 e. The van der Waals surface area contributed by atoms with Gasteiger partial charge in [-0.1, -0.05) is 16.8 Å². The summed E-state index contributed by atoms with van der Waals surface area (Å²) in [5.74, 6) is -2.20. The number of aromatic nitrogens is 1. The number of nitrogen functional groups attached to an aromatic ring is 1. The highest BCUT2D eigenvalue weighted by Gasteiger charge is 2.18. The van der Waals surface area contributed by atoms with Gasteiger partial charge in [-0.2, -0.15) is 0 Å². The second kappa shape index (κ2) is 6.33. The Morgan fingerprint density at radius 3 is 2.52 bits per heavy atom. The number of aliphatic carboxylic acids is 1. The molecule has 0 aliphatic carbocycles. The number of anilines is 1. The third-order valence-electron chi connectivity index (χ3n) is 2.27. The molecule has 7 nitrogen and oxygen atoms in total. The number of oxime groups is 1. The van der Waals surface area contributed by atoms with Crippen molar-refractivity contribution in [2.24, 2.45) is 5.16 Å². The fraction of sp³-hybridized carbons (Fsp3) is 0. The molecule has 1 heterocycles. The lowest BCUT2D eigenvalue weighted by atomic mass is 10.2. The minimum atomic E-state index is -1.38. The summed E-state index contributed by atoms with van der Waals surface area (Å²) in [6.45, 7) is 0. The number of carbonyl (C=O) groups is 2. The van der Waals surface area contributed by atoms with Gasteiger partial charge in [0.25, 0.3) is 0 Å². The van der Waals surface area contributed by atoms with E-state index in [9.17, 15) is 9.59 Å². The van der Waals surface area contributed by atoms with Crippen molar-refractivity contribution in [2.75, 3.05) is 5.73 Å². The number of hydrogen-bond donors (Lipinski definition) is 2. The summed E-state index contributed by atoms with van der Waals surface area (Å²) in [5, 5.41) is 14.4. The van der Waals surface area contributed by atoms with Gasteiger partial charge in [-0.15, -0.1) is 11.3 Å². The first-order valence-corrected chi connectivity index (χ1v) is 6.72. The fourth-order valence-corrected chi connectivity index (χ4v) is 1.99. The topological polar surface area (TPSA) is 115 Å². The fourth-order valence-electron chi connectivity index (χ4n) is 1.32. The second-order valence-electron chi connectivity index (χ2n) is 3.70. The molecule has 0 atom stereocenters. The zero-order valence-electron chi connectivity index (χ0n) is 10.3. The molecule has 0 spiro atoms. The van der Waals surface area contributed by atoms with Crippen molar-refractivity contribution in [3.05, 3.63) is 45.9 Å². The Bertz CT molecular complexity index is 712. The van der Waals surface area contributed by atoms with Crippen molar-refractivity contribution >= 4 is 45.7 Å². The Kier molecular flexibility index (Phi) is 4.51. The van der Waals surface area contributed by atoms with Gasteiger partial charge >= 0.3 is 11.9 Å². The van der Waals surface area contributed by atoms with Crippen LogP contribution in [-0.4, -0.2) is 27.7 Å². The Hall–Kier alpha value is -2.45. The van der Waals surface area contributed by atoms with Crippen LogP contribution in [0.3, 0.4) is 0 Å². The number of nitrogens with two attached hydrogens (primary N) is 1. The van der Waals surface area contributed by atoms with Gasteiger partial charge in [0.1, 0.15) is 5.69 Å². The summed E-state index contributed by atoms with van der Waals surface area (Å²) in [4.78, 5) is 31.2. The van der Waals surface area contributed by atoms with E-state index in [1.807, 2.05) is 0 Å². The summed E-state index contributed by atoms with van der Waals surface area (Å²) in [7, 11) is 0. The first-order valence-electron chi connectivity index (χ1n) is 5.47. The SMILES string of the molecule is Nc1nc(/C(=N/OC(=O)c2ccc(Cl)cc2)C(=O)O)cs1. The van der Waals surface area contributed by atoms with Crippen LogP contribution in [0, 0.1) is 0 Å². The summed E-state index contributed by atoms with van der Waals surface area (Å²) < 4.78 is 0. The van der Waals surface area contributed by atoms with Gasteiger partial charge in [-0.25, -0.2) is 14.6 Å². The van der Waals surface area contributed by atoms with E-state index < -0.39 is 17.7 Å². The lowest BCUT2D eigenvalue weighted by molar-refractivity contribution is -0.129. The highest BCUT2D eigenvalue weighted by atomic mass is 35.5. The zero-order valence-corrected chi connectivity index (χ0v) is 11.9. The van der Waals surface area contributed by atoms with E-state index in [0.717, 1.165) is 11.3 Å². The van der Waals surface area contributed by atoms with Gasteiger partial charge < -0.3 is 15.7 Å². The van der Waals surface area contributed by atoms with Crippen molar-refractivity contribution in [3.8, 4) is 0 Å². The van der Waals surface area contributed by atoms with Gasteiger partial charge in [0, 0.05) is 10.4 Å². The molecule has 0 amide bonds. The molecule has 0 radical (unpaired) electrons. The van der Waals surface area contributed by atoms with Crippen molar-refractivity contribution in [3.63, 3.8) is 0 Å². The van der Waals surface area contributed by atoms with Gasteiger partial charge in [0.05, 0.1) is 5.56 Å². The molecular weight excluding hydrogens is 318 g/mol. The zero-order chi connectivity index (χ0) is 15.4. The van der Waals surface area contributed by atoms with Gasteiger partial charge in [0.15, 0.2) is 5.13 Å². The van der Waals surface area contributed by atoms with Crippen LogP contribution >= 0.6 is 22.9 Å². The largest absolute Gasteiger partial charge is 0.476 e. The Morgan fingerprint density at radius 1 is 1.33 bits per heavy atom. The van der Waals surface area contributed by atoms with Crippen molar-refractivity contribution in [1.29, 1.82) is 0 Å². The molecule has 1 aromatic carbocycles. The first kappa shape index (κ1) is 14.9. The number of carboxylic acid groups (broad SMARTS) is 1. The number of carboxylic acids is 1. The quantitative estimate of drug-likeness (QED) is 0.505. The van der Waals surface area contributed by atoms with Crippen LogP contribution < -0.4 is 5.73 Å². The van der Waals surface area contributed by atoms with Gasteiger partial charge in [-0.05, 0) is 24.3 Å². The van der Waals surface area contributed by atoms with Crippen molar-refractivity contribution in [1.82, 2.24) is 4.98 Å². The predicted octanol–water partition coefficient (Wildman–Crippen LogP) is 2.02. The lowest BCUT2D eigenvalue weighted by Crippen LogP contribution is -2.16. The average Bonchev–Trinajstić information content (AvgIpc) is 2.85. The number of halogens is 1. The standard InChI is InChI=1S/C12H8ClN3O4S/c13-7-3-1-6(2-4-7)11(19)20-16-9(10(17)18)8-5-21-12(14)15-8/h1-5H,(H2,14,15)(H,17,18)/b16-9-. The molecule has 0 unspecified atom stereocenters. The van der Waals surface area contributed by atoms with E-state index in [0.29, 0.717) is 5.02 Å². The Balaban J connectivity index is 2.18. The minimum Gasteiger partial charge on any atom is -0.476 e. The molecule has 3 N–H and O–H groups in total. The molecule has 9 heteroatoms. The maximum atomic E-state index is 11.7. The van der Waals surface area contributed by atoms with Crippen LogP contribution in [-0.2, 0) is 9.63 Å². The molecule has 2 rings (SSSR count). The van der Waals surface area contributed by atoms with E-state index in [2.05, 4.69) is 15.0 Å². The van der Waals surface area contributed by atoms with Gasteiger partial charge in [-0.3, -0.25) is 0 Å². The van der Waals surface area contributed by atoms with Crippen LogP contribution in [0.1, 0.15) is 16.1 Å². The highest BCUT2D eigenvalue weighted by molar-refractivity contribution is 7.13. The lowest BCUT2D eigenvalue weighted by Gasteiger charge is -2.00. The number of hydrogen-bond acceptors (Lipinski definition) is 7. The molecule has 108 valence electrons. The molecule has 1 aromatic heterocycles. The van der Waals surface area contributed by atoms with Crippen LogP contribution in [0.5, 0.6) is 0 Å². The van der Waals surface area contributed by atoms with E-state index >= 15 is 0 Å². The number of rotatable bonds is 4. The molecule has 0 saturated heterocycles. The van der Waals surface area contributed by atoms with Crippen LogP contribution in [0.25, 0.3) is 0 Å². The highest BCUT2D eigenvalue weighted by Crippen LogP contribution is 2.13. The first-order chi connectivity index (χ1) is 9.97. The Labute approximate surface area is 127 Å². The normalized spacial score (nSPS) is 11.2. The molecule has 2 aromatic rings. The van der Waals surface area contributed by atoms with Crippen LogP contribution in [0.15, 0.2) is 34.8 Å². The maximum Gasteiger partial charge on any atom is 0.365 e. The number of thiazole rings is 1. The maximum absolute atomic E-state index is 11.7. The minimum absolute atomic E-state index is 0.0221. The third-order valence-corrected chi connectivity index (χ3v) is 3.19.